The quantitative estimate of drug-likeness (QED) is 0.918. The minimum atomic E-state index is -1.32. The lowest BCUT2D eigenvalue weighted by Crippen LogP contribution is -2.17. The lowest BCUT2D eigenvalue weighted by molar-refractivity contribution is 0.577. The summed E-state index contributed by atoms with van der Waals surface area (Å²) in [6.45, 7) is 0.272. The predicted molar refractivity (Wildman–Crippen MR) is 65.6 cm³/mol. The third-order valence-electron chi connectivity index (χ3n) is 2.19. The summed E-state index contributed by atoms with van der Waals surface area (Å²) >= 11 is 11.9. The van der Waals surface area contributed by atoms with Gasteiger partial charge in [-0.05, 0) is 17.7 Å². The fourth-order valence-corrected chi connectivity index (χ4v) is 1.94. The van der Waals surface area contributed by atoms with Crippen molar-refractivity contribution in [2.24, 2.45) is 5.73 Å². The van der Waals surface area contributed by atoms with Gasteiger partial charge in [0, 0.05) is 35.0 Å². The van der Waals surface area contributed by atoms with E-state index in [-0.39, 0.29) is 6.54 Å². The zero-order chi connectivity index (χ0) is 12.5. The fourth-order valence-electron chi connectivity index (χ4n) is 1.41. The monoisotopic (exact) mass is 256 g/mol. The summed E-state index contributed by atoms with van der Waals surface area (Å²) in [6, 6.07) is 3.62. The van der Waals surface area contributed by atoms with Crippen molar-refractivity contribution >= 4 is 23.2 Å². The molecule has 16 heavy (non-hydrogen) atoms. The molecule has 0 fully saturated rings. The molecule has 1 aromatic carbocycles. The molecule has 0 saturated heterocycles. The maximum atomic E-state index is 8.16. The molecule has 2 aromatic rings. The van der Waals surface area contributed by atoms with E-state index in [0.29, 0.717) is 15.6 Å². The van der Waals surface area contributed by atoms with E-state index in [1.54, 1.807) is 41.5 Å². The average molecular weight is 257 g/mol. The Bertz CT molecular complexity index is 511. The molecule has 2 N–H and O–H groups in total. The van der Waals surface area contributed by atoms with Crippen molar-refractivity contribution in [3.63, 3.8) is 0 Å². The van der Waals surface area contributed by atoms with Crippen LogP contribution in [0.2, 0.25) is 10.0 Å². The van der Waals surface area contributed by atoms with Gasteiger partial charge in [-0.2, -0.15) is 0 Å². The predicted octanol–water partition coefficient (Wildman–Crippen LogP) is 2.89. The zero-order valence-corrected chi connectivity index (χ0v) is 9.91. The van der Waals surface area contributed by atoms with Crippen molar-refractivity contribution in [3.05, 3.63) is 52.5 Å². The van der Waals surface area contributed by atoms with E-state index in [0.717, 1.165) is 0 Å². The number of nitrogens with zero attached hydrogens (tertiary/aromatic N) is 2. The highest BCUT2D eigenvalue weighted by molar-refractivity contribution is 6.35. The number of aromatic nitrogens is 2. The summed E-state index contributed by atoms with van der Waals surface area (Å²) in [4.78, 5) is 3.91. The Morgan fingerprint density at radius 3 is 2.94 bits per heavy atom. The van der Waals surface area contributed by atoms with Gasteiger partial charge in [-0.15, -0.1) is 0 Å². The van der Waals surface area contributed by atoms with Gasteiger partial charge in [-0.1, -0.05) is 29.3 Å². The number of nitrogens with two attached hydrogens (primary N) is 1. The Labute approximate surface area is 105 Å². The van der Waals surface area contributed by atoms with Crippen molar-refractivity contribution in [1.82, 2.24) is 9.55 Å². The Morgan fingerprint density at radius 2 is 2.31 bits per heavy atom. The first-order valence-corrected chi connectivity index (χ1v) is 5.45. The highest BCUT2D eigenvalue weighted by Crippen LogP contribution is 2.25. The second-order valence-corrected chi connectivity index (χ2v) is 4.23. The van der Waals surface area contributed by atoms with Crippen molar-refractivity contribution < 1.29 is 1.37 Å². The molecule has 2 rings (SSSR count). The van der Waals surface area contributed by atoms with Crippen LogP contribution >= 0.6 is 23.2 Å². The molecule has 1 unspecified atom stereocenters. The third kappa shape index (κ3) is 2.55. The van der Waals surface area contributed by atoms with Crippen LogP contribution in [0.1, 0.15) is 13.0 Å². The molecule has 5 heteroatoms. The molecule has 0 amide bonds. The highest BCUT2D eigenvalue weighted by Gasteiger charge is 2.10. The first-order chi connectivity index (χ1) is 7.99. The first-order valence-electron chi connectivity index (χ1n) is 5.19. The van der Waals surface area contributed by atoms with E-state index in [9.17, 15) is 0 Å². The van der Waals surface area contributed by atoms with Crippen LogP contribution < -0.4 is 5.73 Å². The molecule has 3 nitrogen and oxygen atoms in total. The summed E-state index contributed by atoms with van der Waals surface area (Å²) in [5.74, 6) is 0. The Morgan fingerprint density at radius 1 is 1.50 bits per heavy atom. The molecule has 0 spiro atoms. The Balaban J connectivity index is 2.30. The van der Waals surface area contributed by atoms with Gasteiger partial charge >= 0.3 is 0 Å². The van der Waals surface area contributed by atoms with Gasteiger partial charge in [0.2, 0.25) is 0 Å². The van der Waals surface area contributed by atoms with Crippen molar-refractivity contribution in [2.75, 3.05) is 0 Å². The van der Waals surface area contributed by atoms with E-state index >= 15 is 0 Å². The number of hydrogen-bond acceptors (Lipinski definition) is 2. The van der Waals surface area contributed by atoms with Gasteiger partial charge in [-0.3, -0.25) is 0 Å². The lowest BCUT2D eigenvalue weighted by Gasteiger charge is -2.14. The summed E-state index contributed by atoms with van der Waals surface area (Å²) < 4.78 is 9.89. The summed E-state index contributed by atoms with van der Waals surface area (Å²) in [5.41, 5.74) is 6.51. The van der Waals surface area contributed by atoms with Gasteiger partial charge in [0.05, 0.1) is 7.70 Å². The van der Waals surface area contributed by atoms with Gasteiger partial charge in [0.1, 0.15) is 0 Å². The highest BCUT2D eigenvalue weighted by atomic mass is 35.5. The SMILES string of the molecule is [2H]C(N)(Cn1ccnc1)c1ccc(Cl)cc1Cl. The van der Waals surface area contributed by atoms with Crippen LogP contribution in [-0.4, -0.2) is 9.55 Å². The topological polar surface area (TPSA) is 43.8 Å². The number of hydrogen-bond donors (Lipinski definition) is 1. The average Bonchev–Trinajstić information content (AvgIpc) is 2.68. The molecular formula is C11H11Cl2N3. The van der Waals surface area contributed by atoms with E-state index < -0.39 is 6.02 Å². The molecule has 1 aromatic heterocycles. The maximum Gasteiger partial charge on any atom is 0.0946 e. The van der Waals surface area contributed by atoms with E-state index in [4.69, 9.17) is 30.3 Å². The standard InChI is InChI=1S/C11H11Cl2N3/c12-8-1-2-9(10(13)5-8)11(14)6-16-4-3-15-7-16/h1-5,7,11H,6,14H2/i11D. The zero-order valence-electron chi connectivity index (χ0n) is 9.40. The normalized spacial score (nSPS) is 15.6. The smallest absolute Gasteiger partial charge is 0.0946 e. The number of halogens is 2. The van der Waals surface area contributed by atoms with Gasteiger partial charge in [0.25, 0.3) is 0 Å². The van der Waals surface area contributed by atoms with Crippen LogP contribution in [-0.2, 0) is 6.54 Å². The van der Waals surface area contributed by atoms with Crippen molar-refractivity contribution in [3.8, 4) is 0 Å². The molecule has 0 bridgehead atoms. The summed E-state index contributed by atoms with van der Waals surface area (Å²) in [7, 11) is 0. The van der Waals surface area contributed by atoms with Gasteiger partial charge < -0.3 is 10.3 Å². The second-order valence-electron chi connectivity index (χ2n) is 3.38. The van der Waals surface area contributed by atoms with E-state index in [2.05, 4.69) is 4.98 Å². The minimum Gasteiger partial charge on any atom is -0.336 e. The molecule has 1 heterocycles. The number of benzene rings is 1. The number of imidazole rings is 1. The van der Waals surface area contributed by atoms with Crippen LogP contribution in [0.3, 0.4) is 0 Å². The molecule has 0 saturated carbocycles. The van der Waals surface area contributed by atoms with Crippen LogP contribution in [0.4, 0.5) is 0 Å². The molecule has 1 atom stereocenters. The molecule has 0 aliphatic rings. The Kier molecular flexibility index (Phi) is 3.09. The maximum absolute atomic E-state index is 8.16. The fraction of sp³-hybridized carbons (Fsp3) is 0.182. The molecular weight excluding hydrogens is 245 g/mol. The van der Waals surface area contributed by atoms with Gasteiger partial charge in [-0.25, -0.2) is 4.98 Å². The number of rotatable bonds is 3. The van der Waals surface area contributed by atoms with Crippen LogP contribution in [0.5, 0.6) is 0 Å². The van der Waals surface area contributed by atoms with Crippen molar-refractivity contribution in [2.45, 2.75) is 12.6 Å². The first kappa shape index (κ1) is 10.1. The third-order valence-corrected chi connectivity index (χ3v) is 2.74. The van der Waals surface area contributed by atoms with E-state index in [1.807, 2.05) is 0 Å². The van der Waals surface area contributed by atoms with E-state index in [1.165, 1.54) is 0 Å². The molecule has 84 valence electrons. The summed E-state index contributed by atoms with van der Waals surface area (Å²) in [5, 5.41) is 0.923. The molecule has 0 aliphatic heterocycles. The van der Waals surface area contributed by atoms with Crippen molar-refractivity contribution in [1.29, 1.82) is 0 Å². The largest absolute Gasteiger partial charge is 0.336 e. The molecule has 0 aliphatic carbocycles. The van der Waals surface area contributed by atoms with Crippen LogP contribution in [0.25, 0.3) is 0 Å². The second kappa shape index (κ2) is 4.87. The van der Waals surface area contributed by atoms with Crippen LogP contribution in [0, 0.1) is 0 Å². The minimum absolute atomic E-state index is 0.272. The van der Waals surface area contributed by atoms with Gasteiger partial charge in [0.15, 0.2) is 0 Å². The summed E-state index contributed by atoms with van der Waals surface area (Å²) in [6.07, 6.45) is 5.00. The Hall–Kier alpha value is -1.03. The van der Waals surface area contributed by atoms with Crippen LogP contribution in [0.15, 0.2) is 36.9 Å². The lowest BCUT2D eigenvalue weighted by atomic mass is 10.1. The molecule has 0 radical (unpaired) electrons.